The third kappa shape index (κ3) is 5.11. The van der Waals surface area contributed by atoms with Gasteiger partial charge in [-0.15, -0.1) is 0 Å². The van der Waals surface area contributed by atoms with Gasteiger partial charge < -0.3 is 19.5 Å². The van der Waals surface area contributed by atoms with Gasteiger partial charge in [0.1, 0.15) is 17.3 Å². The molecule has 1 fully saturated rings. The second kappa shape index (κ2) is 10.8. The van der Waals surface area contributed by atoms with Crippen LogP contribution in [0.25, 0.3) is 5.76 Å². The van der Waals surface area contributed by atoms with Crippen LogP contribution in [-0.2, 0) is 9.59 Å². The summed E-state index contributed by atoms with van der Waals surface area (Å²) in [4.78, 5) is 28.0. The molecule has 3 rings (SSSR count). The fourth-order valence-electron chi connectivity index (χ4n) is 4.43. The molecule has 2 aromatic rings. The van der Waals surface area contributed by atoms with E-state index in [1.54, 1.807) is 18.1 Å². The predicted molar refractivity (Wildman–Crippen MR) is 133 cm³/mol. The quantitative estimate of drug-likeness (QED) is 0.222. The molecule has 6 heteroatoms. The van der Waals surface area contributed by atoms with Crippen LogP contribution in [0.15, 0.2) is 42.0 Å². The number of ether oxygens (including phenoxy) is 2. The molecule has 0 aromatic heterocycles. The van der Waals surface area contributed by atoms with Crippen molar-refractivity contribution in [2.24, 2.45) is 0 Å². The second-order valence-electron chi connectivity index (χ2n) is 9.08. The highest BCUT2D eigenvalue weighted by Crippen LogP contribution is 2.41. The summed E-state index contributed by atoms with van der Waals surface area (Å²) in [6.07, 6.45) is 2.71. The molecule has 0 radical (unpaired) electrons. The van der Waals surface area contributed by atoms with Crippen molar-refractivity contribution in [3.05, 3.63) is 64.2 Å². The van der Waals surface area contributed by atoms with E-state index < -0.39 is 17.7 Å². The summed E-state index contributed by atoms with van der Waals surface area (Å²) in [5, 5.41) is 11.4. The number of aliphatic hydroxyl groups excluding tert-OH is 1. The monoisotopic (exact) mass is 465 g/mol. The van der Waals surface area contributed by atoms with Crippen molar-refractivity contribution in [1.29, 1.82) is 0 Å². The lowest BCUT2D eigenvalue weighted by molar-refractivity contribution is -0.139. The van der Waals surface area contributed by atoms with E-state index in [4.69, 9.17) is 9.47 Å². The minimum Gasteiger partial charge on any atom is -0.507 e. The van der Waals surface area contributed by atoms with Crippen LogP contribution in [0.1, 0.15) is 68.3 Å². The smallest absolute Gasteiger partial charge is 0.295 e. The van der Waals surface area contributed by atoms with Crippen molar-refractivity contribution in [3.8, 4) is 11.5 Å². The second-order valence-corrected chi connectivity index (χ2v) is 9.08. The van der Waals surface area contributed by atoms with E-state index in [-0.39, 0.29) is 17.4 Å². The van der Waals surface area contributed by atoms with Gasteiger partial charge in [-0.1, -0.05) is 31.9 Å². The topological polar surface area (TPSA) is 76.1 Å². The molecule has 0 saturated carbocycles. The number of hydrogen-bond donors (Lipinski definition) is 1. The number of hydrogen-bond acceptors (Lipinski definition) is 5. The van der Waals surface area contributed by atoms with Gasteiger partial charge in [-0.2, -0.15) is 0 Å². The summed E-state index contributed by atoms with van der Waals surface area (Å²) < 4.78 is 11.3. The van der Waals surface area contributed by atoms with Crippen LogP contribution in [0.5, 0.6) is 11.5 Å². The number of likely N-dealkylation sites (tertiary alicyclic amines) is 1. The zero-order valence-corrected chi connectivity index (χ0v) is 21.0. The van der Waals surface area contributed by atoms with Crippen LogP contribution in [0.4, 0.5) is 0 Å². The maximum Gasteiger partial charge on any atom is 0.295 e. The van der Waals surface area contributed by atoms with E-state index in [0.29, 0.717) is 23.6 Å². The molecule has 1 amide bonds. The molecule has 6 nitrogen and oxygen atoms in total. The van der Waals surface area contributed by atoms with Gasteiger partial charge in [-0.25, -0.2) is 0 Å². The number of aliphatic hydroxyl groups is 1. The van der Waals surface area contributed by atoms with E-state index in [1.807, 2.05) is 58.0 Å². The first kappa shape index (κ1) is 25.3. The third-order valence-electron chi connectivity index (χ3n) is 6.09. The molecule has 1 aliphatic heterocycles. The van der Waals surface area contributed by atoms with Crippen molar-refractivity contribution in [2.75, 3.05) is 13.7 Å². The number of carbonyl (C=O) groups excluding carboxylic acids is 2. The number of carbonyl (C=O) groups is 2. The number of amides is 1. The molecule has 1 aliphatic rings. The maximum absolute atomic E-state index is 13.3. The highest BCUT2D eigenvalue weighted by Gasteiger charge is 2.46. The van der Waals surface area contributed by atoms with E-state index in [9.17, 15) is 14.7 Å². The summed E-state index contributed by atoms with van der Waals surface area (Å²) >= 11 is 0. The Balaban J connectivity index is 2.18. The molecule has 1 heterocycles. The first-order chi connectivity index (χ1) is 16.2. The van der Waals surface area contributed by atoms with Crippen LogP contribution in [-0.4, -0.2) is 41.5 Å². The van der Waals surface area contributed by atoms with Gasteiger partial charge in [0.2, 0.25) is 0 Å². The van der Waals surface area contributed by atoms with Gasteiger partial charge in [0.25, 0.3) is 11.7 Å². The first-order valence-electron chi connectivity index (χ1n) is 11.9. The van der Waals surface area contributed by atoms with Crippen LogP contribution in [0, 0.1) is 13.8 Å². The summed E-state index contributed by atoms with van der Waals surface area (Å²) in [5.41, 5.74) is 2.95. The maximum atomic E-state index is 13.3. The van der Waals surface area contributed by atoms with Crippen molar-refractivity contribution >= 4 is 17.4 Å². The summed E-state index contributed by atoms with van der Waals surface area (Å²) in [7, 11) is 1.59. The molecule has 1 saturated heterocycles. The Kier molecular flexibility index (Phi) is 8.02. The third-order valence-corrected chi connectivity index (χ3v) is 6.09. The first-order valence-corrected chi connectivity index (χ1v) is 11.9. The average molecular weight is 466 g/mol. The van der Waals surface area contributed by atoms with Crippen LogP contribution >= 0.6 is 0 Å². The Labute approximate surface area is 202 Å². The number of ketones is 1. The van der Waals surface area contributed by atoms with Crippen LogP contribution in [0.3, 0.4) is 0 Å². The molecule has 1 atom stereocenters. The number of aryl methyl sites for hydroxylation is 2. The number of Topliss-reactive ketones (excluding diaryl/α,β-unsaturated/α-hetero) is 1. The van der Waals surface area contributed by atoms with E-state index in [1.165, 1.54) is 0 Å². The molecule has 0 bridgehead atoms. The van der Waals surface area contributed by atoms with Crippen molar-refractivity contribution in [2.45, 2.75) is 66.0 Å². The number of unbranched alkanes of at least 4 members (excludes halogenated alkanes) is 2. The van der Waals surface area contributed by atoms with Crippen LogP contribution < -0.4 is 9.47 Å². The number of nitrogens with zero attached hydrogens (tertiary/aromatic N) is 1. The Hall–Kier alpha value is -3.28. The molecular formula is C28H35NO5. The lowest BCUT2D eigenvalue weighted by atomic mass is 9.93. The van der Waals surface area contributed by atoms with Gasteiger partial charge >= 0.3 is 0 Å². The highest BCUT2D eigenvalue weighted by atomic mass is 16.5. The summed E-state index contributed by atoms with van der Waals surface area (Å²) in [5.74, 6) is -0.0604. The van der Waals surface area contributed by atoms with E-state index in [2.05, 4.69) is 6.92 Å². The number of rotatable bonds is 9. The molecule has 182 valence electrons. The van der Waals surface area contributed by atoms with E-state index >= 15 is 0 Å². The minimum absolute atomic E-state index is 0.0175. The largest absolute Gasteiger partial charge is 0.507 e. The van der Waals surface area contributed by atoms with E-state index in [0.717, 1.165) is 36.0 Å². The number of benzene rings is 2. The van der Waals surface area contributed by atoms with Crippen molar-refractivity contribution < 1.29 is 24.2 Å². The van der Waals surface area contributed by atoms with Gasteiger partial charge in [0, 0.05) is 12.1 Å². The lowest BCUT2D eigenvalue weighted by Crippen LogP contribution is -2.30. The van der Waals surface area contributed by atoms with Crippen LogP contribution in [0.2, 0.25) is 0 Å². The molecule has 34 heavy (non-hydrogen) atoms. The van der Waals surface area contributed by atoms with Gasteiger partial charge in [0.05, 0.1) is 24.8 Å². The normalized spacial score (nSPS) is 17.5. The fraction of sp³-hybridized carbons (Fsp3) is 0.429. The molecule has 1 unspecified atom stereocenters. The Morgan fingerprint density at radius 3 is 2.47 bits per heavy atom. The predicted octanol–water partition coefficient (Wildman–Crippen LogP) is 5.71. The number of methoxy groups -OCH3 is 1. The van der Waals surface area contributed by atoms with Gasteiger partial charge in [-0.3, -0.25) is 9.59 Å². The summed E-state index contributed by atoms with van der Waals surface area (Å²) in [6.45, 7) is 10.1. The van der Waals surface area contributed by atoms with Gasteiger partial charge in [0.15, 0.2) is 0 Å². The van der Waals surface area contributed by atoms with Crippen molar-refractivity contribution in [1.82, 2.24) is 4.90 Å². The molecular weight excluding hydrogens is 430 g/mol. The van der Waals surface area contributed by atoms with Gasteiger partial charge in [-0.05, 0) is 75.1 Å². The summed E-state index contributed by atoms with van der Waals surface area (Å²) in [6, 6.07) is 10.4. The SMILES string of the molecule is CCCCCN1C(=O)C(=O)/C(=C(/O)c2cc(C)c(OC)cc2C)C1c1cccc(OC(C)C)c1. The highest BCUT2D eigenvalue weighted by molar-refractivity contribution is 6.46. The molecule has 0 aliphatic carbocycles. The van der Waals surface area contributed by atoms with Crippen molar-refractivity contribution in [3.63, 3.8) is 0 Å². The fourth-order valence-corrected chi connectivity index (χ4v) is 4.43. The standard InChI is InChI=1S/C28H35NO5/c1-7-8-9-13-29-25(20-11-10-12-21(16-20)34-17(2)3)24(27(31)28(29)32)26(30)22-14-19(5)23(33-6)15-18(22)4/h10-12,14-17,25,30H,7-9,13H2,1-6H3/b26-24+. The molecule has 0 spiro atoms. The molecule has 2 aromatic carbocycles. The minimum atomic E-state index is -0.686. The zero-order chi connectivity index (χ0) is 25.0. The Morgan fingerprint density at radius 1 is 1.09 bits per heavy atom. The zero-order valence-electron chi connectivity index (χ0n) is 21.0. The average Bonchev–Trinajstić information content (AvgIpc) is 3.04. The molecule has 1 N–H and O–H groups in total. The Morgan fingerprint density at radius 2 is 1.82 bits per heavy atom. The Bertz CT molecular complexity index is 1100. The lowest BCUT2D eigenvalue weighted by Gasteiger charge is -2.26.